The topological polar surface area (TPSA) is 53.1 Å². The molecule has 0 aliphatic rings. The van der Waals surface area contributed by atoms with E-state index >= 15 is 0 Å². The fourth-order valence-corrected chi connectivity index (χ4v) is 2.79. The van der Waals surface area contributed by atoms with Gasteiger partial charge >= 0.3 is 5.97 Å². The normalized spacial score (nSPS) is 10.6. The summed E-state index contributed by atoms with van der Waals surface area (Å²) in [6.45, 7) is 5.78. The number of carboxylic acid groups (broad SMARTS) is 1. The lowest BCUT2D eigenvalue weighted by Crippen LogP contribution is -1.98. The molecule has 0 saturated heterocycles. The average Bonchev–Trinajstić information content (AvgIpc) is 2.60. The quantitative estimate of drug-likeness (QED) is 0.883. The van der Waals surface area contributed by atoms with Crippen molar-refractivity contribution in [2.75, 3.05) is 0 Å². The summed E-state index contributed by atoms with van der Waals surface area (Å²) in [4.78, 5) is 16.1. The standard InChI is InChI=1S/C14H15NO2S/c1-8-4-6-11(7-5-8)18-13-9(2)12(14(16)17)15-10(13)3/h4-7,15H,1-3H3,(H,16,17). The molecule has 0 amide bonds. The maximum absolute atomic E-state index is 11.0. The summed E-state index contributed by atoms with van der Waals surface area (Å²) in [6.07, 6.45) is 0. The smallest absolute Gasteiger partial charge is 0.352 e. The Bertz CT molecular complexity index is 585. The van der Waals surface area contributed by atoms with Crippen LogP contribution in [0.4, 0.5) is 0 Å². The fourth-order valence-electron chi connectivity index (χ4n) is 1.82. The maximum atomic E-state index is 11.0. The highest BCUT2D eigenvalue weighted by Gasteiger charge is 2.17. The lowest BCUT2D eigenvalue weighted by molar-refractivity contribution is 0.0690. The first-order valence-electron chi connectivity index (χ1n) is 5.66. The van der Waals surface area contributed by atoms with E-state index in [9.17, 15) is 4.79 Å². The lowest BCUT2D eigenvalue weighted by Gasteiger charge is -2.03. The van der Waals surface area contributed by atoms with Gasteiger partial charge in [-0.2, -0.15) is 0 Å². The number of benzene rings is 1. The van der Waals surface area contributed by atoms with Gasteiger partial charge in [0.25, 0.3) is 0 Å². The molecule has 0 atom stereocenters. The van der Waals surface area contributed by atoms with E-state index in [2.05, 4.69) is 17.1 Å². The van der Waals surface area contributed by atoms with Gasteiger partial charge in [-0.3, -0.25) is 0 Å². The number of H-pyrrole nitrogens is 1. The molecule has 0 bridgehead atoms. The fraction of sp³-hybridized carbons (Fsp3) is 0.214. The summed E-state index contributed by atoms with van der Waals surface area (Å²) in [5.74, 6) is -0.911. The van der Waals surface area contributed by atoms with Crippen LogP contribution in [0.5, 0.6) is 0 Å². The molecule has 18 heavy (non-hydrogen) atoms. The van der Waals surface area contributed by atoms with Crippen molar-refractivity contribution in [2.24, 2.45) is 0 Å². The summed E-state index contributed by atoms with van der Waals surface area (Å²) < 4.78 is 0. The Morgan fingerprint density at radius 3 is 2.28 bits per heavy atom. The molecular weight excluding hydrogens is 246 g/mol. The third kappa shape index (κ3) is 2.43. The molecule has 0 spiro atoms. The molecule has 0 unspecified atom stereocenters. The molecule has 0 saturated carbocycles. The Morgan fingerprint density at radius 1 is 1.17 bits per heavy atom. The Labute approximate surface area is 110 Å². The molecule has 0 aliphatic heterocycles. The van der Waals surface area contributed by atoms with Crippen LogP contribution in [0.15, 0.2) is 34.1 Å². The number of aromatic carboxylic acids is 1. The molecule has 4 heteroatoms. The molecule has 94 valence electrons. The second kappa shape index (κ2) is 4.90. The van der Waals surface area contributed by atoms with E-state index in [0.29, 0.717) is 0 Å². The summed E-state index contributed by atoms with van der Waals surface area (Å²) in [5.41, 5.74) is 3.19. The number of aromatic nitrogens is 1. The number of aromatic amines is 1. The van der Waals surface area contributed by atoms with Crippen molar-refractivity contribution in [1.82, 2.24) is 4.98 Å². The highest BCUT2D eigenvalue weighted by Crippen LogP contribution is 2.34. The van der Waals surface area contributed by atoms with Gasteiger partial charge in [0, 0.05) is 15.5 Å². The largest absolute Gasteiger partial charge is 0.477 e. The van der Waals surface area contributed by atoms with Crippen LogP contribution < -0.4 is 0 Å². The first-order chi connectivity index (χ1) is 8.49. The van der Waals surface area contributed by atoms with Crippen LogP contribution in [0, 0.1) is 20.8 Å². The monoisotopic (exact) mass is 261 g/mol. The highest BCUT2D eigenvalue weighted by atomic mass is 32.2. The molecule has 0 aliphatic carbocycles. The Balaban J connectivity index is 2.34. The van der Waals surface area contributed by atoms with Crippen LogP contribution in [-0.4, -0.2) is 16.1 Å². The number of aryl methyl sites for hydroxylation is 2. The van der Waals surface area contributed by atoms with E-state index in [0.717, 1.165) is 21.0 Å². The molecule has 2 N–H and O–H groups in total. The zero-order valence-corrected chi connectivity index (χ0v) is 11.4. The van der Waals surface area contributed by atoms with Crippen LogP contribution >= 0.6 is 11.8 Å². The molecule has 0 fully saturated rings. The first kappa shape index (κ1) is 12.8. The minimum atomic E-state index is -0.911. The average molecular weight is 261 g/mol. The first-order valence-corrected chi connectivity index (χ1v) is 6.47. The number of carboxylic acids is 1. The molecule has 2 rings (SSSR count). The van der Waals surface area contributed by atoms with Crippen LogP contribution in [0.2, 0.25) is 0 Å². The van der Waals surface area contributed by atoms with Crippen LogP contribution in [-0.2, 0) is 0 Å². The molecule has 2 aromatic rings. The van der Waals surface area contributed by atoms with Gasteiger partial charge in [0.15, 0.2) is 0 Å². The number of rotatable bonds is 3. The number of hydrogen-bond donors (Lipinski definition) is 2. The van der Waals surface area contributed by atoms with E-state index in [1.165, 1.54) is 5.56 Å². The van der Waals surface area contributed by atoms with Gasteiger partial charge in [-0.05, 0) is 38.5 Å². The Hall–Kier alpha value is -1.68. The van der Waals surface area contributed by atoms with Crippen molar-refractivity contribution in [1.29, 1.82) is 0 Å². The minimum Gasteiger partial charge on any atom is -0.477 e. The van der Waals surface area contributed by atoms with Gasteiger partial charge in [0.1, 0.15) is 5.69 Å². The van der Waals surface area contributed by atoms with Crippen molar-refractivity contribution in [2.45, 2.75) is 30.6 Å². The summed E-state index contributed by atoms with van der Waals surface area (Å²) in [6, 6.07) is 8.20. The third-order valence-corrected chi connectivity index (χ3v) is 4.15. The molecule has 3 nitrogen and oxygen atoms in total. The lowest BCUT2D eigenvalue weighted by atomic mass is 10.2. The van der Waals surface area contributed by atoms with Gasteiger partial charge in [-0.1, -0.05) is 29.5 Å². The summed E-state index contributed by atoms with van der Waals surface area (Å²) >= 11 is 1.59. The summed E-state index contributed by atoms with van der Waals surface area (Å²) in [5, 5.41) is 9.07. The van der Waals surface area contributed by atoms with E-state index in [-0.39, 0.29) is 5.69 Å². The van der Waals surface area contributed by atoms with Crippen molar-refractivity contribution < 1.29 is 9.90 Å². The second-order valence-electron chi connectivity index (χ2n) is 4.30. The number of carbonyl (C=O) groups is 1. The molecule has 1 heterocycles. The molecular formula is C14H15NO2S. The van der Waals surface area contributed by atoms with Crippen LogP contribution in [0.3, 0.4) is 0 Å². The van der Waals surface area contributed by atoms with Crippen LogP contribution in [0.25, 0.3) is 0 Å². The van der Waals surface area contributed by atoms with Crippen molar-refractivity contribution >= 4 is 17.7 Å². The van der Waals surface area contributed by atoms with Crippen molar-refractivity contribution in [3.63, 3.8) is 0 Å². The van der Waals surface area contributed by atoms with E-state index in [1.807, 2.05) is 32.9 Å². The minimum absolute atomic E-state index is 0.280. The predicted octanol–water partition coefficient (Wildman–Crippen LogP) is 3.79. The van der Waals surface area contributed by atoms with Crippen molar-refractivity contribution in [3.05, 3.63) is 46.8 Å². The predicted molar refractivity (Wildman–Crippen MR) is 72.5 cm³/mol. The number of hydrogen-bond acceptors (Lipinski definition) is 2. The Morgan fingerprint density at radius 2 is 1.78 bits per heavy atom. The van der Waals surface area contributed by atoms with Gasteiger partial charge in [-0.25, -0.2) is 4.79 Å². The SMILES string of the molecule is Cc1ccc(Sc2c(C)[nH]c(C(=O)O)c2C)cc1. The zero-order chi connectivity index (χ0) is 13.3. The van der Waals surface area contributed by atoms with E-state index in [1.54, 1.807) is 11.8 Å². The highest BCUT2D eigenvalue weighted by molar-refractivity contribution is 7.99. The molecule has 1 aromatic heterocycles. The van der Waals surface area contributed by atoms with Gasteiger partial charge < -0.3 is 10.1 Å². The second-order valence-corrected chi connectivity index (χ2v) is 5.38. The number of nitrogens with one attached hydrogen (secondary N) is 1. The van der Waals surface area contributed by atoms with Gasteiger partial charge in [-0.15, -0.1) is 0 Å². The maximum Gasteiger partial charge on any atom is 0.352 e. The van der Waals surface area contributed by atoms with Crippen LogP contribution in [0.1, 0.15) is 27.3 Å². The van der Waals surface area contributed by atoms with E-state index < -0.39 is 5.97 Å². The van der Waals surface area contributed by atoms with E-state index in [4.69, 9.17) is 5.11 Å². The molecule has 1 aromatic carbocycles. The van der Waals surface area contributed by atoms with Gasteiger partial charge in [0.2, 0.25) is 0 Å². The third-order valence-electron chi connectivity index (χ3n) is 2.82. The van der Waals surface area contributed by atoms with Gasteiger partial charge in [0.05, 0.1) is 0 Å². The molecule has 0 radical (unpaired) electrons. The Kier molecular flexibility index (Phi) is 3.48. The zero-order valence-electron chi connectivity index (χ0n) is 10.6. The van der Waals surface area contributed by atoms with Crippen molar-refractivity contribution in [3.8, 4) is 0 Å². The summed E-state index contributed by atoms with van der Waals surface area (Å²) in [7, 11) is 0.